The van der Waals surface area contributed by atoms with Crippen LogP contribution >= 0.6 is 0 Å². The molecule has 0 unspecified atom stereocenters. The van der Waals surface area contributed by atoms with Crippen LogP contribution in [0.25, 0.3) is 0 Å². The van der Waals surface area contributed by atoms with Gasteiger partial charge < -0.3 is 9.64 Å². The Bertz CT molecular complexity index is 990. The first-order chi connectivity index (χ1) is 14.0. The second kappa shape index (κ2) is 7.74. The Labute approximate surface area is 172 Å². The number of rotatable bonds is 5. The summed E-state index contributed by atoms with van der Waals surface area (Å²) in [6, 6.07) is 12.7. The fourth-order valence-corrected chi connectivity index (χ4v) is 3.48. The summed E-state index contributed by atoms with van der Waals surface area (Å²) in [7, 11) is 0. The zero-order chi connectivity index (χ0) is 22.1. The monoisotopic (exact) mass is 415 g/mol. The van der Waals surface area contributed by atoms with Gasteiger partial charge in [0.1, 0.15) is 11.4 Å². The standard InChI is InChI=1S/C21H22FN3O5/c1-20(2,3)30-19(27)23-21(13-25(28)29)15-10-7-11-16(22)17(15)24(18(21)26)12-14-8-5-4-6-9-14/h4-11H,12-13H2,1-3H3,(H,23,27)/t21-/m0/s1. The Kier molecular flexibility index (Phi) is 5.47. The van der Waals surface area contributed by atoms with Crippen molar-refractivity contribution in [3.63, 3.8) is 0 Å². The van der Waals surface area contributed by atoms with Gasteiger partial charge in [0.15, 0.2) is 0 Å². The Hall–Kier alpha value is -3.49. The van der Waals surface area contributed by atoms with Gasteiger partial charge in [0.25, 0.3) is 5.91 Å². The van der Waals surface area contributed by atoms with E-state index < -0.39 is 40.4 Å². The molecule has 0 radical (unpaired) electrons. The summed E-state index contributed by atoms with van der Waals surface area (Å²) in [5.74, 6) is -1.51. The van der Waals surface area contributed by atoms with Crippen LogP contribution in [0.2, 0.25) is 0 Å². The van der Waals surface area contributed by atoms with E-state index in [9.17, 15) is 24.1 Å². The number of hydrogen-bond acceptors (Lipinski definition) is 5. The number of halogens is 1. The molecule has 0 saturated carbocycles. The molecule has 9 heteroatoms. The lowest BCUT2D eigenvalue weighted by molar-refractivity contribution is -0.488. The molecule has 0 aromatic heterocycles. The third kappa shape index (κ3) is 4.10. The number of alkyl carbamates (subject to hydrolysis) is 1. The van der Waals surface area contributed by atoms with Crippen molar-refractivity contribution in [1.29, 1.82) is 0 Å². The number of carbonyl (C=O) groups excluding carboxylic acids is 2. The van der Waals surface area contributed by atoms with Crippen molar-refractivity contribution in [2.75, 3.05) is 11.4 Å². The summed E-state index contributed by atoms with van der Waals surface area (Å²) < 4.78 is 20.0. The smallest absolute Gasteiger partial charge is 0.408 e. The minimum Gasteiger partial charge on any atom is -0.444 e. The van der Waals surface area contributed by atoms with Crippen molar-refractivity contribution in [3.05, 3.63) is 75.6 Å². The SMILES string of the molecule is CC(C)(C)OC(=O)N[C@]1(C[N+](=O)[O-])C(=O)N(Cc2ccccc2)c2c(F)cccc21. The van der Waals surface area contributed by atoms with E-state index in [-0.39, 0.29) is 17.8 Å². The minimum absolute atomic E-state index is 0.0108. The molecule has 30 heavy (non-hydrogen) atoms. The lowest BCUT2D eigenvalue weighted by Gasteiger charge is -2.28. The first-order valence-electron chi connectivity index (χ1n) is 9.31. The van der Waals surface area contributed by atoms with Crippen LogP contribution in [0.4, 0.5) is 14.9 Å². The topological polar surface area (TPSA) is 102 Å². The maximum absolute atomic E-state index is 14.8. The molecule has 1 aliphatic rings. The number of hydrogen-bond donors (Lipinski definition) is 1. The first kappa shape index (κ1) is 21.2. The fraction of sp³-hybridized carbons (Fsp3) is 0.333. The lowest BCUT2D eigenvalue weighted by Crippen LogP contribution is -2.57. The summed E-state index contributed by atoms with van der Waals surface area (Å²) in [4.78, 5) is 37.8. The van der Waals surface area contributed by atoms with E-state index in [4.69, 9.17) is 4.74 Å². The molecule has 0 spiro atoms. The maximum atomic E-state index is 14.8. The number of carbonyl (C=O) groups is 2. The van der Waals surface area contributed by atoms with Gasteiger partial charge in [0, 0.05) is 10.5 Å². The molecule has 0 saturated heterocycles. The highest BCUT2D eigenvalue weighted by atomic mass is 19.1. The number of benzene rings is 2. The Morgan fingerprint density at radius 2 is 1.87 bits per heavy atom. The minimum atomic E-state index is -2.09. The van der Waals surface area contributed by atoms with E-state index in [0.29, 0.717) is 5.56 Å². The number of nitrogens with zero attached hydrogens (tertiary/aromatic N) is 2. The fourth-order valence-electron chi connectivity index (χ4n) is 3.48. The number of anilines is 1. The van der Waals surface area contributed by atoms with E-state index >= 15 is 0 Å². The number of fused-ring (bicyclic) bond motifs is 1. The van der Waals surface area contributed by atoms with Crippen LogP contribution in [0.1, 0.15) is 31.9 Å². The Morgan fingerprint density at radius 1 is 1.20 bits per heavy atom. The van der Waals surface area contributed by atoms with Crippen molar-refractivity contribution < 1.29 is 23.6 Å². The maximum Gasteiger partial charge on any atom is 0.408 e. The van der Waals surface area contributed by atoms with Crippen LogP contribution in [0.3, 0.4) is 0 Å². The van der Waals surface area contributed by atoms with Crippen molar-refractivity contribution in [2.45, 2.75) is 38.5 Å². The molecule has 1 heterocycles. The van der Waals surface area contributed by atoms with Gasteiger partial charge in [-0.3, -0.25) is 20.2 Å². The van der Waals surface area contributed by atoms with Gasteiger partial charge in [-0.15, -0.1) is 0 Å². The molecule has 2 aromatic rings. The van der Waals surface area contributed by atoms with Crippen molar-refractivity contribution in [2.24, 2.45) is 0 Å². The van der Waals surface area contributed by atoms with E-state index in [2.05, 4.69) is 5.32 Å². The number of ether oxygens (including phenoxy) is 1. The predicted molar refractivity (Wildman–Crippen MR) is 107 cm³/mol. The van der Waals surface area contributed by atoms with Crippen molar-refractivity contribution in [1.82, 2.24) is 5.32 Å². The summed E-state index contributed by atoms with van der Waals surface area (Å²) in [6.07, 6.45) is -1.01. The molecular weight excluding hydrogens is 393 g/mol. The second-order valence-electron chi connectivity index (χ2n) is 8.04. The molecule has 0 aliphatic carbocycles. The van der Waals surface area contributed by atoms with E-state index in [1.807, 2.05) is 0 Å². The lowest BCUT2D eigenvalue weighted by atomic mass is 9.91. The molecular formula is C21H22FN3O5. The van der Waals surface area contributed by atoms with Crippen LogP contribution in [-0.2, 0) is 21.6 Å². The highest BCUT2D eigenvalue weighted by Crippen LogP contribution is 2.43. The third-order valence-corrected chi connectivity index (χ3v) is 4.59. The molecule has 1 N–H and O–H groups in total. The largest absolute Gasteiger partial charge is 0.444 e. The molecule has 158 valence electrons. The molecule has 0 fully saturated rings. The van der Waals surface area contributed by atoms with Gasteiger partial charge >= 0.3 is 6.09 Å². The first-order valence-corrected chi connectivity index (χ1v) is 9.31. The van der Waals surface area contributed by atoms with Crippen LogP contribution in [-0.4, -0.2) is 29.1 Å². The molecule has 1 atom stereocenters. The van der Waals surface area contributed by atoms with Gasteiger partial charge in [-0.25, -0.2) is 9.18 Å². The summed E-state index contributed by atoms with van der Waals surface area (Å²) >= 11 is 0. The number of nitro groups is 1. The normalized spacial score (nSPS) is 18.1. The average molecular weight is 415 g/mol. The Morgan fingerprint density at radius 3 is 2.47 bits per heavy atom. The number of para-hydroxylation sites is 1. The number of amides is 2. The van der Waals surface area contributed by atoms with Gasteiger partial charge in [-0.1, -0.05) is 42.5 Å². The van der Waals surface area contributed by atoms with E-state index in [1.54, 1.807) is 51.1 Å². The second-order valence-corrected chi connectivity index (χ2v) is 8.04. The zero-order valence-corrected chi connectivity index (χ0v) is 16.8. The van der Waals surface area contributed by atoms with Crippen LogP contribution in [0.5, 0.6) is 0 Å². The highest BCUT2D eigenvalue weighted by Gasteiger charge is 2.57. The van der Waals surface area contributed by atoms with Crippen LogP contribution in [0.15, 0.2) is 48.5 Å². The summed E-state index contributed by atoms with van der Waals surface area (Å²) in [5, 5.41) is 13.8. The molecule has 2 amide bonds. The summed E-state index contributed by atoms with van der Waals surface area (Å²) in [5.41, 5.74) is -2.35. The van der Waals surface area contributed by atoms with Gasteiger partial charge in [0.05, 0.1) is 12.2 Å². The average Bonchev–Trinajstić information content (AvgIpc) is 2.84. The van der Waals surface area contributed by atoms with Crippen molar-refractivity contribution >= 4 is 17.7 Å². The zero-order valence-electron chi connectivity index (χ0n) is 16.8. The third-order valence-electron chi connectivity index (χ3n) is 4.59. The molecule has 0 bridgehead atoms. The summed E-state index contributed by atoms with van der Waals surface area (Å²) in [6.45, 7) is 3.91. The van der Waals surface area contributed by atoms with Gasteiger partial charge in [-0.2, -0.15) is 0 Å². The molecule has 1 aliphatic heterocycles. The molecule has 2 aromatic carbocycles. The van der Waals surface area contributed by atoms with Crippen molar-refractivity contribution in [3.8, 4) is 0 Å². The Balaban J connectivity index is 2.10. The van der Waals surface area contributed by atoms with E-state index in [0.717, 1.165) is 4.90 Å². The molecule has 3 rings (SSSR count). The predicted octanol–water partition coefficient (Wildman–Crippen LogP) is 3.37. The number of nitrogens with one attached hydrogen (secondary N) is 1. The quantitative estimate of drug-likeness (QED) is 0.596. The highest BCUT2D eigenvalue weighted by molar-refractivity contribution is 6.09. The van der Waals surface area contributed by atoms with Crippen LogP contribution in [0, 0.1) is 15.9 Å². The van der Waals surface area contributed by atoms with E-state index in [1.165, 1.54) is 18.2 Å². The van der Waals surface area contributed by atoms with Gasteiger partial charge in [-0.05, 0) is 32.4 Å². The van der Waals surface area contributed by atoms with Crippen LogP contribution < -0.4 is 10.2 Å². The van der Waals surface area contributed by atoms with Gasteiger partial charge in [0.2, 0.25) is 12.1 Å². The molecule has 8 nitrogen and oxygen atoms in total.